The predicted molar refractivity (Wildman–Crippen MR) is 136 cm³/mol. The Labute approximate surface area is 214 Å². The Morgan fingerprint density at radius 3 is 2.30 bits per heavy atom. The lowest BCUT2D eigenvalue weighted by Crippen LogP contribution is -2.29. The van der Waals surface area contributed by atoms with Crippen molar-refractivity contribution in [3.05, 3.63) is 71.8 Å². The molecule has 4 rings (SSSR count). The minimum atomic E-state index is -3.74. The number of anilines is 2. The van der Waals surface area contributed by atoms with Crippen LogP contribution < -0.4 is 23.8 Å². The molecule has 11 heteroatoms. The molecule has 3 aromatic rings. The summed E-state index contributed by atoms with van der Waals surface area (Å²) in [5.74, 6) is -0.317. The van der Waals surface area contributed by atoms with Crippen LogP contribution >= 0.6 is 0 Å². The highest BCUT2D eigenvalue weighted by atomic mass is 32.2. The van der Waals surface area contributed by atoms with E-state index in [-0.39, 0.29) is 22.8 Å². The van der Waals surface area contributed by atoms with Gasteiger partial charge in [-0.25, -0.2) is 13.2 Å². The fourth-order valence-electron chi connectivity index (χ4n) is 3.99. The van der Waals surface area contributed by atoms with Gasteiger partial charge in [0.2, 0.25) is 0 Å². The van der Waals surface area contributed by atoms with Gasteiger partial charge in [0, 0.05) is 18.7 Å². The van der Waals surface area contributed by atoms with Crippen LogP contribution in [0.4, 0.5) is 11.4 Å². The zero-order valence-electron chi connectivity index (χ0n) is 20.5. The minimum Gasteiger partial charge on any atom is -0.493 e. The van der Waals surface area contributed by atoms with Crippen molar-refractivity contribution in [3.8, 4) is 17.2 Å². The first-order valence-electron chi connectivity index (χ1n) is 11.3. The van der Waals surface area contributed by atoms with Gasteiger partial charge in [0.25, 0.3) is 15.9 Å². The summed E-state index contributed by atoms with van der Waals surface area (Å²) in [7, 11) is 0.336. The van der Waals surface area contributed by atoms with Crippen LogP contribution in [-0.2, 0) is 26.0 Å². The number of amides is 1. The molecule has 0 unspecified atom stereocenters. The van der Waals surface area contributed by atoms with Crippen LogP contribution in [-0.4, -0.2) is 54.8 Å². The summed E-state index contributed by atoms with van der Waals surface area (Å²) in [4.78, 5) is 24.9. The third kappa shape index (κ3) is 5.31. The van der Waals surface area contributed by atoms with E-state index in [1.807, 2.05) is 18.2 Å². The van der Waals surface area contributed by atoms with Crippen molar-refractivity contribution < 1.29 is 37.0 Å². The van der Waals surface area contributed by atoms with Crippen molar-refractivity contribution in [1.29, 1.82) is 0 Å². The number of rotatable bonds is 9. The Morgan fingerprint density at radius 2 is 1.62 bits per heavy atom. The minimum absolute atomic E-state index is 0.0755. The molecule has 37 heavy (non-hydrogen) atoms. The van der Waals surface area contributed by atoms with Gasteiger partial charge in [-0.2, -0.15) is 0 Å². The molecule has 1 aliphatic heterocycles. The van der Waals surface area contributed by atoms with Crippen LogP contribution in [0.25, 0.3) is 0 Å². The molecule has 0 aromatic heterocycles. The number of methoxy groups -OCH3 is 3. The van der Waals surface area contributed by atoms with Crippen molar-refractivity contribution in [2.24, 2.45) is 0 Å². The van der Waals surface area contributed by atoms with Gasteiger partial charge in [0.1, 0.15) is 5.75 Å². The second-order valence-corrected chi connectivity index (χ2v) is 9.87. The maximum atomic E-state index is 13.2. The lowest BCUT2D eigenvalue weighted by Gasteiger charge is -2.19. The number of fused-ring (bicyclic) bond motifs is 1. The van der Waals surface area contributed by atoms with Gasteiger partial charge < -0.3 is 24.3 Å². The molecule has 0 atom stereocenters. The summed E-state index contributed by atoms with van der Waals surface area (Å²) in [6.45, 7) is -0.00956. The number of sulfonamides is 1. The Kier molecular flexibility index (Phi) is 7.53. The topological polar surface area (TPSA) is 120 Å². The SMILES string of the molecule is COC(=O)c1cc(OC)c(OC)cc1NC(=O)COc1ccc(S(=O)(=O)N2CCc3ccccc32)cc1. The molecule has 1 heterocycles. The second-order valence-electron chi connectivity index (χ2n) is 8.01. The maximum absolute atomic E-state index is 13.2. The number of nitrogens with zero attached hydrogens (tertiary/aromatic N) is 1. The Balaban J connectivity index is 1.43. The predicted octanol–water partition coefficient (Wildman–Crippen LogP) is 3.26. The lowest BCUT2D eigenvalue weighted by molar-refractivity contribution is -0.118. The standard InChI is InChI=1S/C26H26N2O8S/c1-33-23-14-20(26(30)35-3)21(15-24(23)34-2)27-25(29)16-36-18-8-10-19(11-9-18)37(31,32)28-13-12-17-6-4-5-7-22(17)28/h4-11,14-15H,12-13,16H2,1-3H3,(H,27,29). The quantitative estimate of drug-likeness (QED) is 0.422. The van der Waals surface area contributed by atoms with Crippen LogP contribution in [0.3, 0.4) is 0 Å². The van der Waals surface area contributed by atoms with Crippen LogP contribution in [0.2, 0.25) is 0 Å². The zero-order valence-corrected chi connectivity index (χ0v) is 21.3. The van der Waals surface area contributed by atoms with Crippen LogP contribution in [0, 0.1) is 0 Å². The van der Waals surface area contributed by atoms with E-state index in [0.29, 0.717) is 35.9 Å². The Bertz CT molecular complexity index is 1420. The molecule has 0 fully saturated rings. The summed E-state index contributed by atoms with van der Waals surface area (Å²) >= 11 is 0. The zero-order chi connectivity index (χ0) is 26.6. The number of esters is 1. The lowest BCUT2D eigenvalue weighted by atomic mass is 10.1. The van der Waals surface area contributed by atoms with Crippen molar-refractivity contribution >= 4 is 33.3 Å². The van der Waals surface area contributed by atoms with E-state index < -0.39 is 21.9 Å². The van der Waals surface area contributed by atoms with Gasteiger partial charge in [-0.15, -0.1) is 0 Å². The molecule has 194 valence electrons. The van der Waals surface area contributed by atoms with Gasteiger partial charge in [-0.3, -0.25) is 9.10 Å². The average molecular weight is 527 g/mol. The van der Waals surface area contributed by atoms with Gasteiger partial charge in [0.05, 0.1) is 43.2 Å². The first-order valence-corrected chi connectivity index (χ1v) is 12.7. The summed E-state index contributed by atoms with van der Waals surface area (Å²) in [5, 5.41) is 2.60. The highest BCUT2D eigenvalue weighted by molar-refractivity contribution is 7.92. The van der Waals surface area contributed by atoms with E-state index in [1.165, 1.54) is 62.0 Å². The number of carbonyl (C=O) groups is 2. The molecule has 3 aromatic carbocycles. The Hall–Kier alpha value is -4.25. The molecule has 10 nitrogen and oxygen atoms in total. The summed E-state index contributed by atoms with van der Waals surface area (Å²) in [5.41, 5.74) is 1.90. The molecule has 0 spiro atoms. The maximum Gasteiger partial charge on any atom is 0.340 e. The van der Waals surface area contributed by atoms with Crippen molar-refractivity contribution in [2.45, 2.75) is 11.3 Å². The third-order valence-electron chi connectivity index (χ3n) is 5.83. The van der Waals surface area contributed by atoms with Crippen LogP contribution in [0.15, 0.2) is 65.6 Å². The fourth-order valence-corrected chi connectivity index (χ4v) is 5.49. The van der Waals surface area contributed by atoms with E-state index in [1.54, 1.807) is 6.07 Å². The number of carbonyl (C=O) groups excluding carboxylic acids is 2. The number of benzene rings is 3. The molecule has 0 bridgehead atoms. The second kappa shape index (κ2) is 10.8. The molecule has 0 radical (unpaired) electrons. The summed E-state index contributed by atoms with van der Waals surface area (Å²) in [6, 6.07) is 16.1. The van der Waals surface area contributed by atoms with Crippen LogP contribution in [0.5, 0.6) is 17.2 Å². The first-order chi connectivity index (χ1) is 17.8. The number of hydrogen-bond donors (Lipinski definition) is 1. The van der Waals surface area contributed by atoms with Crippen molar-refractivity contribution in [2.75, 3.05) is 44.1 Å². The Morgan fingerprint density at radius 1 is 0.946 bits per heavy atom. The van der Waals surface area contributed by atoms with Gasteiger partial charge >= 0.3 is 5.97 Å². The largest absolute Gasteiger partial charge is 0.493 e. The smallest absolute Gasteiger partial charge is 0.340 e. The van der Waals surface area contributed by atoms with Crippen molar-refractivity contribution in [3.63, 3.8) is 0 Å². The van der Waals surface area contributed by atoms with E-state index in [9.17, 15) is 18.0 Å². The van der Waals surface area contributed by atoms with E-state index in [2.05, 4.69) is 5.32 Å². The number of nitrogens with one attached hydrogen (secondary N) is 1. The molecular weight excluding hydrogens is 500 g/mol. The van der Waals surface area contributed by atoms with E-state index >= 15 is 0 Å². The highest BCUT2D eigenvalue weighted by Crippen LogP contribution is 2.34. The average Bonchev–Trinajstić information content (AvgIpc) is 3.36. The molecule has 1 amide bonds. The molecule has 0 aliphatic carbocycles. The molecule has 1 aliphatic rings. The fraction of sp³-hybridized carbons (Fsp3) is 0.231. The number of para-hydroxylation sites is 1. The molecule has 0 saturated heterocycles. The van der Waals surface area contributed by atoms with E-state index in [4.69, 9.17) is 18.9 Å². The number of hydrogen-bond acceptors (Lipinski definition) is 8. The summed E-state index contributed by atoms with van der Waals surface area (Å²) < 4.78 is 48.5. The van der Waals surface area contributed by atoms with Crippen molar-refractivity contribution in [1.82, 2.24) is 0 Å². The van der Waals surface area contributed by atoms with Gasteiger partial charge in [0.15, 0.2) is 18.1 Å². The summed E-state index contributed by atoms with van der Waals surface area (Å²) in [6.07, 6.45) is 0.656. The number of ether oxygens (including phenoxy) is 4. The van der Waals surface area contributed by atoms with Gasteiger partial charge in [-0.05, 0) is 42.3 Å². The normalized spacial score (nSPS) is 12.5. The van der Waals surface area contributed by atoms with Crippen LogP contribution in [0.1, 0.15) is 15.9 Å². The molecule has 0 saturated carbocycles. The highest BCUT2D eigenvalue weighted by Gasteiger charge is 2.30. The monoisotopic (exact) mass is 526 g/mol. The third-order valence-corrected chi connectivity index (χ3v) is 7.66. The van der Waals surface area contributed by atoms with E-state index in [0.717, 1.165) is 5.56 Å². The van der Waals surface area contributed by atoms with Gasteiger partial charge in [-0.1, -0.05) is 18.2 Å². The first kappa shape index (κ1) is 25.8. The molecule has 1 N–H and O–H groups in total. The molecular formula is C26H26N2O8S.